The number of piperidine rings is 1. The Morgan fingerprint density at radius 1 is 1.37 bits per heavy atom. The van der Waals surface area contributed by atoms with Crippen molar-refractivity contribution in [2.24, 2.45) is 0 Å². The first kappa shape index (κ1) is 14.0. The van der Waals surface area contributed by atoms with Crippen LogP contribution in [0.1, 0.15) is 36.5 Å². The van der Waals surface area contributed by atoms with Gasteiger partial charge in [0.1, 0.15) is 5.82 Å². The van der Waals surface area contributed by atoms with E-state index in [0.29, 0.717) is 6.54 Å². The molecule has 1 aliphatic heterocycles. The fourth-order valence-corrected chi connectivity index (χ4v) is 2.60. The lowest BCUT2D eigenvalue weighted by Gasteiger charge is -2.34. The normalized spacial score (nSPS) is 16.3. The summed E-state index contributed by atoms with van der Waals surface area (Å²) >= 11 is 0. The quantitative estimate of drug-likeness (QED) is 0.906. The molecular weight excluding hydrogens is 243 g/mol. The van der Waals surface area contributed by atoms with Crippen molar-refractivity contribution in [2.45, 2.75) is 32.2 Å². The largest absolute Gasteiger partial charge is 0.335 e. The summed E-state index contributed by atoms with van der Waals surface area (Å²) in [7, 11) is 0. The highest BCUT2D eigenvalue weighted by Crippen LogP contribution is 2.17. The van der Waals surface area contributed by atoms with Crippen LogP contribution in [0.15, 0.2) is 24.3 Å². The minimum absolute atomic E-state index is 0.174. The van der Waals surface area contributed by atoms with E-state index < -0.39 is 5.82 Å². The lowest BCUT2D eigenvalue weighted by atomic mass is 10.0. The van der Waals surface area contributed by atoms with Gasteiger partial charge in [-0.1, -0.05) is 19.1 Å². The molecule has 4 heteroatoms. The zero-order valence-corrected chi connectivity index (χ0v) is 11.4. The third-order valence-electron chi connectivity index (χ3n) is 3.58. The summed E-state index contributed by atoms with van der Waals surface area (Å²) in [5.41, 5.74) is 0.189. The Morgan fingerprint density at radius 3 is 2.68 bits per heavy atom. The first-order valence-corrected chi connectivity index (χ1v) is 7.00. The number of nitrogens with zero attached hydrogens (tertiary/aromatic N) is 1. The van der Waals surface area contributed by atoms with E-state index >= 15 is 0 Å². The molecule has 1 aromatic rings. The van der Waals surface area contributed by atoms with Gasteiger partial charge in [0.15, 0.2) is 0 Å². The average molecular weight is 264 g/mol. The smallest absolute Gasteiger partial charge is 0.257 e. The standard InChI is InChI=1S/C15H21FN2O/c1-2-11-18(12-7-9-17-10-8-12)15(19)13-5-3-4-6-14(13)16/h3-6,12,17H,2,7-11H2,1H3. The van der Waals surface area contributed by atoms with Gasteiger partial charge in [0.25, 0.3) is 5.91 Å². The Labute approximate surface area is 113 Å². The number of nitrogens with one attached hydrogen (secondary N) is 1. The predicted octanol–water partition coefficient (Wildman–Crippen LogP) is 2.43. The number of hydrogen-bond donors (Lipinski definition) is 1. The number of benzene rings is 1. The zero-order chi connectivity index (χ0) is 13.7. The van der Waals surface area contributed by atoms with Gasteiger partial charge in [-0.2, -0.15) is 0 Å². The van der Waals surface area contributed by atoms with Crippen molar-refractivity contribution >= 4 is 5.91 Å². The van der Waals surface area contributed by atoms with E-state index in [-0.39, 0.29) is 17.5 Å². The first-order valence-electron chi connectivity index (χ1n) is 7.00. The Kier molecular flexibility index (Phi) is 4.91. The van der Waals surface area contributed by atoms with E-state index in [1.807, 2.05) is 11.8 Å². The molecule has 1 saturated heterocycles. The lowest BCUT2D eigenvalue weighted by molar-refractivity contribution is 0.0638. The number of halogens is 1. The molecule has 19 heavy (non-hydrogen) atoms. The van der Waals surface area contributed by atoms with E-state index in [1.165, 1.54) is 6.07 Å². The van der Waals surface area contributed by atoms with Crippen molar-refractivity contribution in [1.29, 1.82) is 0 Å². The Balaban J connectivity index is 2.18. The Morgan fingerprint density at radius 2 is 2.05 bits per heavy atom. The highest BCUT2D eigenvalue weighted by molar-refractivity contribution is 5.94. The number of rotatable bonds is 4. The highest BCUT2D eigenvalue weighted by Gasteiger charge is 2.26. The third-order valence-corrected chi connectivity index (χ3v) is 3.58. The molecule has 0 bridgehead atoms. The summed E-state index contributed by atoms with van der Waals surface area (Å²) in [6.45, 7) is 4.59. The molecule has 0 radical (unpaired) electrons. The fourth-order valence-electron chi connectivity index (χ4n) is 2.60. The second-order valence-electron chi connectivity index (χ2n) is 4.96. The maximum absolute atomic E-state index is 13.7. The van der Waals surface area contributed by atoms with Crippen LogP contribution in [0.2, 0.25) is 0 Å². The summed E-state index contributed by atoms with van der Waals surface area (Å²) in [4.78, 5) is 14.4. The molecule has 0 aliphatic carbocycles. The second kappa shape index (κ2) is 6.66. The molecule has 1 aromatic carbocycles. The van der Waals surface area contributed by atoms with Crippen LogP contribution in [0.3, 0.4) is 0 Å². The van der Waals surface area contributed by atoms with Crippen LogP contribution < -0.4 is 5.32 Å². The first-order chi connectivity index (χ1) is 9.24. The van der Waals surface area contributed by atoms with Crippen LogP contribution in [0, 0.1) is 5.82 Å². The van der Waals surface area contributed by atoms with E-state index in [1.54, 1.807) is 18.2 Å². The second-order valence-corrected chi connectivity index (χ2v) is 4.96. The van der Waals surface area contributed by atoms with Crippen molar-refractivity contribution in [3.05, 3.63) is 35.6 Å². The van der Waals surface area contributed by atoms with Gasteiger partial charge in [0.05, 0.1) is 5.56 Å². The maximum Gasteiger partial charge on any atom is 0.257 e. The maximum atomic E-state index is 13.7. The SMILES string of the molecule is CCCN(C(=O)c1ccccc1F)C1CCNCC1. The van der Waals surface area contributed by atoms with Gasteiger partial charge in [-0.15, -0.1) is 0 Å². The van der Waals surface area contributed by atoms with Gasteiger partial charge in [-0.05, 0) is 44.5 Å². The van der Waals surface area contributed by atoms with Crippen LogP contribution in [-0.4, -0.2) is 36.5 Å². The number of carbonyl (C=O) groups is 1. The van der Waals surface area contributed by atoms with Crippen LogP contribution in [-0.2, 0) is 0 Å². The van der Waals surface area contributed by atoms with Gasteiger partial charge >= 0.3 is 0 Å². The number of carbonyl (C=O) groups excluding carboxylic acids is 1. The molecule has 0 spiro atoms. The zero-order valence-electron chi connectivity index (χ0n) is 11.4. The summed E-state index contributed by atoms with van der Waals surface area (Å²) in [6, 6.07) is 6.47. The summed E-state index contributed by atoms with van der Waals surface area (Å²) in [5, 5.41) is 3.29. The summed E-state index contributed by atoms with van der Waals surface area (Å²) < 4.78 is 13.7. The van der Waals surface area contributed by atoms with E-state index in [0.717, 1.165) is 32.4 Å². The molecule has 0 unspecified atom stereocenters. The predicted molar refractivity (Wildman–Crippen MR) is 73.6 cm³/mol. The molecule has 0 aromatic heterocycles. The van der Waals surface area contributed by atoms with Crippen molar-refractivity contribution < 1.29 is 9.18 Å². The van der Waals surface area contributed by atoms with Crippen LogP contribution in [0.25, 0.3) is 0 Å². The van der Waals surface area contributed by atoms with E-state index in [2.05, 4.69) is 5.32 Å². The van der Waals surface area contributed by atoms with Gasteiger partial charge in [-0.3, -0.25) is 4.79 Å². The molecule has 0 atom stereocenters. The molecule has 2 rings (SSSR count). The molecule has 3 nitrogen and oxygen atoms in total. The lowest BCUT2D eigenvalue weighted by Crippen LogP contribution is -2.46. The topological polar surface area (TPSA) is 32.3 Å². The van der Waals surface area contributed by atoms with Crippen molar-refractivity contribution in [3.63, 3.8) is 0 Å². The van der Waals surface area contributed by atoms with Crippen LogP contribution in [0.5, 0.6) is 0 Å². The van der Waals surface area contributed by atoms with Gasteiger partial charge < -0.3 is 10.2 Å². The van der Waals surface area contributed by atoms with Gasteiger partial charge in [-0.25, -0.2) is 4.39 Å². The van der Waals surface area contributed by atoms with Gasteiger partial charge in [0, 0.05) is 12.6 Å². The average Bonchev–Trinajstić information content (AvgIpc) is 2.45. The molecule has 104 valence electrons. The van der Waals surface area contributed by atoms with Crippen molar-refractivity contribution in [3.8, 4) is 0 Å². The number of hydrogen-bond acceptors (Lipinski definition) is 2. The molecule has 1 amide bonds. The van der Waals surface area contributed by atoms with E-state index in [9.17, 15) is 9.18 Å². The molecule has 1 aliphatic rings. The Hall–Kier alpha value is -1.42. The monoisotopic (exact) mass is 264 g/mol. The highest BCUT2D eigenvalue weighted by atomic mass is 19.1. The molecule has 1 heterocycles. The molecular formula is C15H21FN2O. The minimum atomic E-state index is -0.428. The third kappa shape index (κ3) is 3.32. The van der Waals surface area contributed by atoms with Crippen LogP contribution >= 0.6 is 0 Å². The molecule has 1 fully saturated rings. The molecule has 0 saturated carbocycles. The van der Waals surface area contributed by atoms with E-state index in [4.69, 9.17) is 0 Å². The fraction of sp³-hybridized carbons (Fsp3) is 0.533. The van der Waals surface area contributed by atoms with Crippen molar-refractivity contribution in [1.82, 2.24) is 10.2 Å². The van der Waals surface area contributed by atoms with Crippen LogP contribution in [0.4, 0.5) is 4.39 Å². The summed E-state index contributed by atoms with van der Waals surface area (Å²) in [5.74, 6) is -0.602. The molecule has 1 N–H and O–H groups in total. The number of amides is 1. The Bertz CT molecular complexity index is 430. The van der Waals surface area contributed by atoms with Gasteiger partial charge in [0.2, 0.25) is 0 Å². The minimum Gasteiger partial charge on any atom is -0.335 e. The van der Waals surface area contributed by atoms with Crippen molar-refractivity contribution in [2.75, 3.05) is 19.6 Å². The summed E-state index contributed by atoms with van der Waals surface area (Å²) in [6.07, 6.45) is 2.78.